The Morgan fingerprint density at radius 3 is 2.65 bits per heavy atom. The molecule has 0 aliphatic rings. The highest BCUT2D eigenvalue weighted by Crippen LogP contribution is 2.26. The van der Waals surface area contributed by atoms with Gasteiger partial charge >= 0.3 is 12.1 Å². The van der Waals surface area contributed by atoms with Crippen LogP contribution in [0.25, 0.3) is 0 Å². The van der Waals surface area contributed by atoms with Gasteiger partial charge in [-0.2, -0.15) is 13.2 Å². The standard InChI is InChI=1S/C10H12F3NO2S/c1-3-16-9(15)4-7-6(2)14-8(17-7)5-10(11,12)13/h3-5H2,1-2H3. The second kappa shape index (κ2) is 5.48. The highest BCUT2D eigenvalue weighted by atomic mass is 32.1. The van der Waals surface area contributed by atoms with Crippen LogP contribution in [-0.4, -0.2) is 23.7 Å². The van der Waals surface area contributed by atoms with E-state index in [4.69, 9.17) is 4.74 Å². The Kier molecular flexibility index (Phi) is 4.50. The summed E-state index contributed by atoms with van der Waals surface area (Å²) in [4.78, 5) is 15.5. The Bertz CT molecular complexity index is 401. The lowest BCUT2D eigenvalue weighted by Gasteiger charge is -2.01. The zero-order valence-electron chi connectivity index (χ0n) is 9.43. The summed E-state index contributed by atoms with van der Waals surface area (Å²) in [6.07, 6.45) is -5.35. The first kappa shape index (κ1) is 14.0. The Hall–Kier alpha value is -1.11. The van der Waals surface area contributed by atoms with Crippen molar-refractivity contribution < 1.29 is 22.7 Å². The summed E-state index contributed by atoms with van der Waals surface area (Å²) in [6.45, 7) is 3.52. The van der Waals surface area contributed by atoms with Crippen molar-refractivity contribution in [2.45, 2.75) is 32.9 Å². The maximum Gasteiger partial charge on any atom is 0.395 e. The summed E-state index contributed by atoms with van der Waals surface area (Å²) < 4.78 is 41.2. The molecule has 0 saturated heterocycles. The topological polar surface area (TPSA) is 39.2 Å². The molecule has 1 aromatic rings. The number of nitrogens with zero attached hydrogens (tertiary/aromatic N) is 1. The van der Waals surface area contributed by atoms with Gasteiger partial charge in [-0.1, -0.05) is 0 Å². The molecule has 0 bridgehead atoms. The van der Waals surface area contributed by atoms with Crippen molar-refractivity contribution in [2.24, 2.45) is 0 Å². The smallest absolute Gasteiger partial charge is 0.395 e. The molecule has 7 heteroatoms. The lowest BCUT2D eigenvalue weighted by Crippen LogP contribution is -2.11. The molecular formula is C10H12F3NO2S. The third-order valence-electron chi connectivity index (χ3n) is 1.90. The molecule has 1 aromatic heterocycles. The van der Waals surface area contributed by atoms with Crippen molar-refractivity contribution in [3.63, 3.8) is 0 Å². The predicted molar refractivity (Wildman–Crippen MR) is 56.9 cm³/mol. The van der Waals surface area contributed by atoms with Gasteiger partial charge < -0.3 is 4.74 Å². The fourth-order valence-corrected chi connectivity index (χ4v) is 2.33. The minimum absolute atomic E-state index is 0.0187. The SMILES string of the molecule is CCOC(=O)Cc1sc(CC(F)(F)F)nc1C. The van der Waals surface area contributed by atoms with E-state index in [-0.39, 0.29) is 18.0 Å². The Morgan fingerprint density at radius 2 is 2.12 bits per heavy atom. The van der Waals surface area contributed by atoms with Crippen molar-refractivity contribution >= 4 is 17.3 Å². The van der Waals surface area contributed by atoms with Crippen molar-refractivity contribution in [1.82, 2.24) is 4.98 Å². The van der Waals surface area contributed by atoms with E-state index in [1.54, 1.807) is 13.8 Å². The van der Waals surface area contributed by atoms with E-state index < -0.39 is 18.6 Å². The number of hydrogen-bond donors (Lipinski definition) is 0. The minimum atomic E-state index is -4.27. The number of esters is 1. The second-order valence-corrected chi connectivity index (χ2v) is 4.56. The number of halogens is 3. The van der Waals surface area contributed by atoms with Crippen LogP contribution in [0.3, 0.4) is 0 Å². The summed E-state index contributed by atoms with van der Waals surface area (Å²) in [5.74, 6) is -0.446. The molecule has 0 aromatic carbocycles. The van der Waals surface area contributed by atoms with Gasteiger partial charge in [-0.05, 0) is 13.8 Å². The minimum Gasteiger partial charge on any atom is -0.466 e. The van der Waals surface area contributed by atoms with Crippen molar-refractivity contribution in [1.29, 1.82) is 0 Å². The van der Waals surface area contributed by atoms with E-state index in [0.29, 0.717) is 10.6 Å². The lowest BCUT2D eigenvalue weighted by molar-refractivity contribution is -0.142. The van der Waals surface area contributed by atoms with E-state index in [1.807, 2.05) is 0 Å². The highest BCUT2D eigenvalue weighted by Gasteiger charge is 2.30. The molecule has 17 heavy (non-hydrogen) atoms. The van der Waals surface area contributed by atoms with Crippen molar-refractivity contribution in [3.05, 3.63) is 15.6 Å². The number of rotatable bonds is 4. The molecule has 0 fully saturated rings. The fourth-order valence-electron chi connectivity index (χ4n) is 1.24. The van der Waals surface area contributed by atoms with Crippen LogP contribution in [0.4, 0.5) is 13.2 Å². The third-order valence-corrected chi connectivity index (χ3v) is 3.06. The van der Waals surface area contributed by atoms with Crippen LogP contribution >= 0.6 is 11.3 Å². The van der Waals surface area contributed by atoms with Crippen LogP contribution in [-0.2, 0) is 22.4 Å². The number of aromatic nitrogens is 1. The molecule has 1 heterocycles. The van der Waals surface area contributed by atoms with Crippen LogP contribution < -0.4 is 0 Å². The number of hydrogen-bond acceptors (Lipinski definition) is 4. The molecular weight excluding hydrogens is 255 g/mol. The van der Waals surface area contributed by atoms with Crippen LogP contribution in [0, 0.1) is 6.92 Å². The van der Waals surface area contributed by atoms with E-state index in [2.05, 4.69) is 4.98 Å². The zero-order chi connectivity index (χ0) is 13.1. The van der Waals surface area contributed by atoms with Crippen molar-refractivity contribution in [2.75, 3.05) is 6.61 Å². The third kappa shape index (κ3) is 4.72. The largest absolute Gasteiger partial charge is 0.466 e. The van der Waals surface area contributed by atoms with E-state index in [1.165, 1.54) is 0 Å². The van der Waals surface area contributed by atoms with Gasteiger partial charge in [0.25, 0.3) is 0 Å². The number of carbonyl (C=O) groups is 1. The average Bonchev–Trinajstić information content (AvgIpc) is 2.43. The number of ether oxygens (including phenoxy) is 1. The molecule has 0 N–H and O–H groups in total. The summed E-state index contributed by atoms with van der Waals surface area (Å²) in [6, 6.07) is 0. The fraction of sp³-hybridized carbons (Fsp3) is 0.600. The molecule has 0 atom stereocenters. The average molecular weight is 267 g/mol. The molecule has 0 aliphatic heterocycles. The molecule has 3 nitrogen and oxygen atoms in total. The molecule has 0 amide bonds. The van der Waals surface area contributed by atoms with E-state index in [9.17, 15) is 18.0 Å². The van der Waals surface area contributed by atoms with Crippen LogP contribution in [0.1, 0.15) is 22.5 Å². The summed E-state index contributed by atoms with van der Waals surface area (Å²) in [5.41, 5.74) is 0.460. The number of alkyl halides is 3. The predicted octanol–water partition coefficient (Wildman–Crippen LogP) is 2.66. The number of aryl methyl sites for hydroxylation is 1. The van der Waals surface area contributed by atoms with Gasteiger partial charge in [0.15, 0.2) is 0 Å². The van der Waals surface area contributed by atoms with Gasteiger partial charge in [0.1, 0.15) is 5.01 Å². The first-order valence-corrected chi connectivity index (χ1v) is 5.81. The van der Waals surface area contributed by atoms with Crippen LogP contribution in [0.5, 0.6) is 0 Å². The monoisotopic (exact) mass is 267 g/mol. The molecule has 0 saturated carbocycles. The van der Waals surface area contributed by atoms with Gasteiger partial charge in [-0.25, -0.2) is 4.98 Å². The Morgan fingerprint density at radius 1 is 1.47 bits per heavy atom. The zero-order valence-corrected chi connectivity index (χ0v) is 10.2. The van der Waals surface area contributed by atoms with Gasteiger partial charge in [-0.3, -0.25) is 4.79 Å². The van der Waals surface area contributed by atoms with Gasteiger partial charge in [-0.15, -0.1) is 11.3 Å². The lowest BCUT2D eigenvalue weighted by atomic mass is 10.3. The quantitative estimate of drug-likeness (QED) is 0.787. The Balaban J connectivity index is 2.72. The summed E-state index contributed by atoms with van der Waals surface area (Å²) in [5, 5.41) is -0.0192. The first-order valence-electron chi connectivity index (χ1n) is 4.99. The molecule has 0 radical (unpaired) electrons. The molecule has 96 valence electrons. The molecule has 0 unspecified atom stereocenters. The second-order valence-electron chi connectivity index (χ2n) is 3.39. The molecule has 0 aliphatic carbocycles. The first-order chi connectivity index (χ1) is 7.81. The van der Waals surface area contributed by atoms with Gasteiger partial charge in [0.2, 0.25) is 0 Å². The van der Waals surface area contributed by atoms with E-state index in [0.717, 1.165) is 11.3 Å². The number of thiazole rings is 1. The summed E-state index contributed by atoms with van der Waals surface area (Å²) in [7, 11) is 0. The van der Waals surface area contributed by atoms with Crippen molar-refractivity contribution in [3.8, 4) is 0 Å². The van der Waals surface area contributed by atoms with E-state index >= 15 is 0 Å². The highest BCUT2D eigenvalue weighted by molar-refractivity contribution is 7.11. The summed E-state index contributed by atoms with van der Waals surface area (Å²) >= 11 is 0.909. The van der Waals surface area contributed by atoms with Crippen LogP contribution in [0.15, 0.2) is 0 Å². The maximum absolute atomic E-state index is 12.1. The molecule has 0 spiro atoms. The maximum atomic E-state index is 12.1. The molecule has 1 rings (SSSR count). The van der Waals surface area contributed by atoms with Gasteiger partial charge in [0.05, 0.1) is 25.1 Å². The number of carbonyl (C=O) groups excluding carboxylic acids is 1. The Labute approximate surface area is 101 Å². The normalized spacial score (nSPS) is 11.6. The van der Waals surface area contributed by atoms with Crippen LogP contribution in [0.2, 0.25) is 0 Å². The van der Waals surface area contributed by atoms with Gasteiger partial charge in [0, 0.05) is 4.88 Å².